The van der Waals surface area contributed by atoms with E-state index in [1.165, 1.54) is 0 Å². The first-order valence-corrected chi connectivity index (χ1v) is 7.17. The molecule has 2 rings (SSSR count). The van der Waals surface area contributed by atoms with E-state index in [1.54, 1.807) is 0 Å². The molecule has 1 saturated heterocycles. The lowest BCUT2D eigenvalue weighted by molar-refractivity contribution is -0.140. The Labute approximate surface area is 109 Å². The van der Waals surface area contributed by atoms with E-state index in [1.807, 2.05) is 11.9 Å². The fourth-order valence-electron chi connectivity index (χ4n) is 3.13. The smallest absolute Gasteiger partial charge is 0.225 e. The van der Waals surface area contributed by atoms with Crippen molar-refractivity contribution in [2.45, 2.75) is 44.6 Å². The van der Waals surface area contributed by atoms with Gasteiger partial charge in [0.1, 0.15) is 0 Å². The zero-order chi connectivity index (χ0) is 13.0. The summed E-state index contributed by atoms with van der Waals surface area (Å²) in [4.78, 5) is 14.3. The van der Waals surface area contributed by atoms with Gasteiger partial charge in [-0.05, 0) is 44.4 Å². The Hall–Kier alpha value is -0.610. The molecule has 0 aromatic carbocycles. The van der Waals surface area contributed by atoms with Crippen LogP contribution in [-0.2, 0) is 9.53 Å². The van der Waals surface area contributed by atoms with Gasteiger partial charge in [0, 0.05) is 38.8 Å². The molecule has 0 unspecified atom stereocenters. The van der Waals surface area contributed by atoms with Crippen LogP contribution >= 0.6 is 0 Å². The highest BCUT2D eigenvalue weighted by molar-refractivity contribution is 5.79. The number of hydrogen-bond donors (Lipinski definition) is 1. The molecule has 4 nitrogen and oxygen atoms in total. The van der Waals surface area contributed by atoms with Crippen LogP contribution in [0.2, 0.25) is 0 Å². The molecule has 0 atom stereocenters. The van der Waals surface area contributed by atoms with Crippen molar-refractivity contribution in [2.24, 2.45) is 11.8 Å². The molecular weight excluding hydrogens is 230 g/mol. The van der Waals surface area contributed by atoms with E-state index in [2.05, 4.69) is 0 Å². The summed E-state index contributed by atoms with van der Waals surface area (Å²) in [5, 5.41) is 9.13. The van der Waals surface area contributed by atoms with Crippen molar-refractivity contribution in [3.05, 3.63) is 0 Å². The molecule has 2 fully saturated rings. The maximum Gasteiger partial charge on any atom is 0.225 e. The van der Waals surface area contributed by atoms with Crippen LogP contribution in [0.4, 0.5) is 0 Å². The van der Waals surface area contributed by atoms with Crippen LogP contribution in [0.15, 0.2) is 0 Å². The molecule has 1 aliphatic heterocycles. The van der Waals surface area contributed by atoms with Gasteiger partial charge in [0.15, 0.2) is 0 Å². The molecule has 18 heavy (non-hydrogen) atoms. The molecule has 1 heterocycles. The van der Waals surface area contributed by atoms with Crippen LogP contribution in [0.3, 0.4) is 0 Å². The first-order valence-electron chi connectivity index (χ1n) is 7.17. The van der Waals surface area contributed by atoms with Gasteiger partial charge in [-0.15, -0.1) is 0 Å². The van der Waals surface area contributed by atoms with Crippen molar-refractivity contribution in [1.82, 2.24) is 4.90 Å². The van der Waals surface area contributed by atoms with E-state index in [0.29, 0.717) is 24.5 Å². The summed E-state index contributed by atoms with van der Waals surface area (Å²) in [5.41, 5.74) is 0. The van der Waals surface area contributed by atoms with Gasteiger partial charge in [0.25, 0.3) is 0 Å². The SMILES string of the molecule is CN(C(=O)C1CCOCC1)C1CCC(CO)CC1. The molecule has 0 spiro atoms. The molecule has 1 aliphatic carbocycles. The van der Waals surface area contributed by atoms with Crippen LogP contribution < -0.4 is 0 Å². The molecule has 1 N–H and O–H groups in total. The van der Waals surface area contributed by atoms with E-state index >= 15 is 0 Å². The molecule has 104 valence electrons. The predicted octanol–water partition coefficient (Wildman–Crippen LogP) is 1.42. The summed E-state index contributed by atoms with van der Waals surface area (Å²) in [6, 6.07) is 0.378. The Kier molecular flexibility index (Phi) is 5.01. The van der Waals surface area contributed by atoms with E-state index in [9.17, 15) is 4.79 Å². The third-order valence-corrected chi connectivity index (χ3v) is 4.54. The van der Waals surface area contributed by atoms with Gasteiger partial charge in [0.2, 0.25) is 5.91 Å². The lowest BCUT2D eigenvalue weighted by atomic mass is 9.85. The van der Waals surface area contributed by atoms with Crippen molar-refractivity contribution in [3.63, 3.8) is 0 Å². The monoisotopic (exact) mass is 255 g/mol. The third kappa shape index (κ3) is 3.23. The number of carbonyl (C=O) groups excluding carboxylic acids is 1. The quantitative estimate of drug-likeness (QED) is 0.830. The summed E-state index contributed by atoms with van der Waals surface area (Å²) in [6.45, 7) is 1.74. The van der Waals surface area contributed by atoms with Crippen LogP contribution in [0, 0.1) is 11.8 Å². The van der Waals surface area contributed by atoms with Gasteiger partial charge in [-0.1, -0.05) is 0 Å². The Morgan fingerprint density at radius 2 is 1.78 bits per heavy atom. The number of nitrogens with zero attached hydrogens (tertiary/aromatic N) is 1. The van der Waals surface area contributed by atoms with E-state index < -0.39 is 0 Å². The molecule has 0 aromatic rings. The first-order chi connectivity index (χ1) is 8.72. The summed E-state index contributed by atoms with van der Waals surface area (Å²) in [7, 11) is 1.95. The Bertz CT molecular complexity index is 268. The second kappa shape index (κ2) is 6.53. The lowest BCUT2D eigenvalue weighted by Gasteiger charge is -2.36. The largest absolute Gasteiger partial charge is 0.396 e. The topological polar surface area (TPSA) is 49.8 Å². The molecular formula is C14H25NO3. The molecule has 1 amide bonds. The zero-order valence-electron chi connectivity index (χ0n) is 11.3. The summed E-state index contributed by atoms with van der Waals surface area (Å²) in [5.74, 6) is 0.915. The summed E-state index contributed by atoms with van der Waals surface area (Å²) >= 11 is 0. The van der Waals surface area contributed by atoms with Crippen molar-refractivity contribution in [2.75, 3.05) is 26.9 Å². The molecule has 0 aromatic heterocycles. The minimum Gasteiger partial charge on any atom is -0.396 e. The van der Waals surface area contributed by atoms with E-state index in [4.69, 9.17) is 9.84 Å². The van der Waals surface area contributed by atoms with Gasteiger partial charge < -0.3 is 14.7 Å². The molecule has 2 aliphatic rings. The number of hydrogen-bond acceptors (Lipinski definition) is 3. The van der Waals surface area contributed by atoms with Crippen LogP contribution in [0.5, 0.6) is 0 Å². The number of rotatable bonds is 3. The standard InChI is InChI=1S/C14H25NO3/c1-15(13-4-2-11(10-16)3-5-13)14(17)12-6-8-18-9-7-12/h11-13,16H,2-10H2,1H3. The average Bonchev–Trinajstić information content (AvgIpc) is 2.47. The number of aliphatic hydroxyl groups excluding tert-OH is 1. The highest BCUT2D eigenvalue weighted by Gasteiger charge is 2.30. The average molecular weight is 255 g/mol. The summed E-state index contributed by atoms with van der Waals surface area (Å²) in [6.07, 6.45) is 5.91. The van der Waals surface area contributed by atoms with Crippen LogP contribution in [-0.4, -0.2) is 48.8 Å². The van der Waals surface area contributed by atoms with Gasteiger partial charge in [-0.25, -0.2) is 0 Å². The minimum atomic E-state index is 0.166. The third-order valence-electron chi connectivity index (χ3n) is 4.54. The number of ether oxygens (including phenoxy) is 1. The van der Waals surface area contributed by atoms with Crippen LogP contribution in [0.1, 0.15) is 38.5 Å². The Morgan fingerprint density at radius 3 is 2.33 bits per heavy atom. The highest BCUT2D eigenvalue weighted by Crippen LogP contribution is 2.28. The Morgan fingerprint density at radius 1 is 1.17 bits per heavy atom. The van der Waals surface area contributed by atoms with Crippen molar-refractivity contribution >= 4 is 5.91 Å². The molecule has 4 heteroatoms. The number of carbonyl (C=O) groups is 1. The molecule has 1 saturated carbocycles. The fourth-order valence-corrected chi connectivity index (χ4v) is 3.13. The maximum atomic E-state index is 12.4. The van der Waals surface area contributed by atoms with Gasteiger partial charge in [-0.2, -0.15) is 0 Å². The molecule has 0 radical (unpaired) electrons. The fraction of sp³-hybridized carbons (Fsp3) is 0.929. The van der Waals surface area contributed by atoms with Gasteiger partial charge in [0.05, 0.1) is 0 Å². The zero-order valence-corrected chi connectivity index (χ0v) is 11.3. The predicted molar refractivity (Wildman–Crippen MR) is 69.1 cm³/mol. The van der Waals surface area contributed by atoms with E-state index in [-0.39, 0.29) is 5.92 Å². The maximum absolute atomic E-state index is 12.4. The van der Waals surface area contributed by atoms with Gasteiger partial charge in [-0.3, -0.25) is 4.79 Å². The van der Waals surface area contributed by atoms with Crippen LogP contribution in [0.25, 0.3) is 0 Å². The minimum absolute atomic E-state index is 0.166. The van der Waals surface area contributed by atoms with Crippen molar-refractivity contribution < 1.29 is 14.6 Å². The highest BCUT2D eigenvalue weighted by atomic mass is 16.5. The number of amides is 1. The van der Waals surface area contributed by atoms with Crippen molar-refractivity contribution in [1.29, 1.82) is 0 Å². The van der Waals surface area contributed by atoms with E-state index in [0.717, 1.165) is 51.7 Å². The first kappa shape index (κ1) is 13.8. The summed E-state index contributed by atoms with van der Waals surface area (Å²) < 4.78 is 5.31. The van der Waals surface area contributed by atoms with Gasteiger partial charge >= 0.3 is 0 Å². The molecule has 0 bridgehead atoms. The number of aliphatic hydroxyl groups is 1. The second-order valence-corrected chi connectivity index (χ2v) is 5.69. The normalized spacial score (nSPS) is 30.1. The Balaban J connectivity index is 1.83. The second-order valence-electron chi connectivity index (χ2n) is 5.69. The van der Waals surface area contributed by atoms with Crippen molar-refractivity contribution in [3.8, 4) is 0 Å². The lowest BCUT2D eigenvalue weighted by Crippen LogP contribution is -2.44.